The van der Waals surface area contributed by atoms with Crippen LogP contribution >= 0.6 is 0 Å². The summed E-state index contributed by atoms with van der Waals surface area (Å²) in [5.41, 5.74) is -2.47. The summed E-state index contributed by atoms with van der Waals surface area (Å²) in [5.74, 6) is -0.259. The fourth-order valence-electron chi connectivity index (χ4n) is 1.41. The van der Waals surface area contributed by atoms with Gasteiger partial charge in [0.1, 0.15) is 15.4 Å². The maximum atomic E-state index is 12.7. The fourth-order valence-corrected chi connectivity index (χ4v) is 1.89. The molecule has 0 spiro atoms. The molecule has 10 heteroatoms. The first-order valence-electron chi connectivity index (χ1n) is 5.28. The highest BCUT2D eigenvalue weighted by molar-refractivity contribution is 7.90. The van der Waals surface area contributed by atoms with Crippen LogP contribution in [0.15, 0.2) is 18.2 Å². The Bertz CT molecular complexity index is 613. The quantitative estimate of drug-likeness (QED) is 0.664. The normalized spacial score (nSPS) is 12.2. The second-order valence-corrected chi connectivity index (χ2v) is 6.30. The minimum Gasteiger partial charge on any atom is -0.384 e. The number of hydrogen-bond donors (Lipinski definition) is 1. The maximum absolute atomic E-state index is 12.7. The van der Waals surface area contributed by atoms with E-state index in [0.29, 0.717) is 6.07 Å². The Kier molecular flexibility index (Phi) is 4.58. The Morgan fingerprint density at radius 3 is 2.40 bits per heavy atom. The van der Waals surface area contributed by atoms with E-state index in [9.17, 15) is 31.7 Å². The summed E-state index contributed by atoms with van der Waals surface area (Å²) >= 11 is 0. The SMILES string of the molecule is CS(=O)(=O)CCNc1ccc([N+](=O)[O-])c(C(F)(F)F)c1. The first-order chi connectivity index (χ1) is 9.00. The standard InChI is InChI=1S/C10H11F3N2O4S/c1-20(18,19)5-4-14-7-2-3-9(15(16)17)8(6-7)10(11,12)13/h2-3,6,14H,4-5H2,1H3. The molecule has 0 aliphatic heterocycles. The van der Waals surface area contributed by atoms with Gasteiger partial charge in [-0.3, -0.25) is 10.1 Å². The number of nitrogens with one attached hydrogen (secondary N) is 1. The van der Waals surface area contributed by atoms with Crippen LogP contribution in [0.5, 0.6) is 0 Å². The summed E-state index contributed by atoms with van der Waals surface area (Å²) < 4.78 is 59.8. The van der Waals surface area contributed by atoms with Crippen molar-refractivity contribution in [2.75, 3.05) is 23.9 Å². The number of hydrogen-bond acceptors (Lipinski definition) is 5. The molecule has 1 aromatic carbocycles. The van der Waals surface area contributed by atoms with E-state index < -0.39 is 32.2 Å². The summed E-state index contributed by atoms with van der Waals surface area (Å²) in [4.78, 5) is 9.41. The molecular weight excluding hydrogens is 301 g/mol. The average molecular weight is 312 g/mol. The molecule has 6 nitrogen and oxygen atoms in total. The molecule has 1 rings (SSSR count). The van der Waals surface area contributed by atoms with Crippen molar-refractivity contribution < 1.29 is 26.5 Å². The zero-order chi connectivity index (χ0) is 15.6. The number of sulfone groups is 1. The van der Waals surface area contributed by atoms with Crippen molar-refractivity contribution in [2.45, 2.75) is 6.18 Å². The van der Waals surface area contributed by atoms with Crippen LogP contribution in [0, 0.1) is 10.1 Å². The second-order valence-electron chi connectivity index (χ2n) is 4.04. The molecule has 20 heavy (non-hydrogen) atoms. The number of nitro benzene ring substituents is 1. The minimum atomic E-state index is -4.86. The van der Waals surface area contributed by atoms with E-state index >= 15 is 0 Å². The van der Waals surface area contributed by atoms with Crippen molar-refractivity contribution in [2.24, 2.45) is 0 Å². The van der Waals surface area contributed by atoms with Crippen molar-refractivity contribution in [1.82, 2.24) is 0 Å². The van der Waals surface area contributed by atoms with Gasteiger partial charge in [0, 0.05) is 24.6 Å². The number of alkyl halides is 3. The minimum absolute atomic E-state index is 0.0356. The van der Waals surface area contributed by atoms with Gasteiger partial charge in [-0.05, 0) is 12.1 Å². The van der Waals surface area contributed by atoms with Gasteiger partial charge in [-0.1, -0.05) is 0 Å². The lowest BCUT2D eigenvalue weighted by molar-refractivity contribution is -0.388. The Morgan fingerprint density at radius 2 is 1.95 bits per heavy atom. The van der Waals surface area contributed by atoms with Crippen LogP contribution in [-0.4, -0.2) is 31.9 Å². The number of anilines is 1. The zero-order valence-electron chi connectivity index (χ0n) is 10.3. The second kappa shape index (κ2) is 5.65. The zero-order valence-corrected chi connectivity index (χ0v) is 11.1. The van der Waals surface area contributed by atoms with Gasteiger partial charge in [0.15, 0.2) is 0 Å². The van der Waals surface area contributed by atoms with E-state index in [1.54, 1.807) is 0 Å². The van der Waals surface area contributed by atoms with Gasteiger partial charge in [-0.2, -0.15) is 13.2 Å². The lowest BCUT2D eigenvalue weighted by Gasteiger charge is -2.11. The molecular formula is C10H11F3N2O4S. The molecule has 0 bridgehead atoms. The first kappa shape index (κ1) is 16.2. The summed E-state index contributed by atoms with van der Waals surface area (Å²) in [5, 5.41) is 13.0. The molecule has 0 heterocycles. The molecule has 0 unspecified atom stereocenters. The Hall–Kier alpha value is -1.84. The van der Waals surface area contributed by atoms with Crippen LogP contribution in [0.4, 0.5) is 24.5 Å². The van der Waals surface area contributed by atoms with E-state index in [0.717, 1.165) is 18.4 Å². The van der Waals surface area contributed by atoms with Gasteiger partial charge in [-0.15, -0.1) is 0 Å². The molecule has 0 aliphatic rings. The van der Waals surface area contributed by atoms with Gasteiger partial charge < -0.3 is 5.32 Å². The molecule has 0 radical (unpaired) electrons. The Labute approximate surface area is 112 Å². The number of nitro groups is 1. The number of nitrogens with zero attached hydrogens (tertiary/aromatic N) is 1. The van der Waals surface area contributed by atoms with E-state index in [1.165, 1.54) is 0 Å². The van der Waals surface area contributed by atoms with Gasteiger partial charge in [0.05, 0.1) is 10.7 Å². The fraction of sp³-hybridized carbons (Fsp3) is 0.400. The maximum Gasteiger partial charge on any atom is 0.423 e. The highest BCUT2D eigenvalue weighted by Crippen LogP contribution is 2.37. The summed E-state index contributed by atoms with van der Waals surface area (Å²) in [6.45, 7) is -0.0893. The highest BCUT2D eigenvalue weighted by atomic mass is 32.2. The van der Waals surface area contributed by atoms with Gasteiger partial charge in [-0.25, -0.2) is 8.42 Å². The third-order valence-corrected chi connectivity index (χ3v) is 3.25. The Morgan fingerprint density at radius 1 is 1.35 bits per heavy atom. The van der Waals surface area contributed by atoms with Crippen LogP contribution in [0.3, 0.4) is 0 Å². The van der Waals surface area contributed by atoms with Gasteiger partial charge in [0.25, 0.3) is 5.69 Å². The summed E-state index contributed by atoms with van der Waals surface area (Å²) in [6, 6.07) is 2.40. The van der Waals surface area contributed by atoms with Crippen molar-refractivity contribution in [3.8, 4) is 0 Å². The molecule has 0 saturated heterocycles. The largest absolute Gasteiger partial charge is 0.423 e. The highest BCUT2D eigenvalue weighted by Gasteiger charge is 2.38. The molecule has 0 saturated carbocycles. The molecule has 0 amide bonds. The van der Waals surface area contributed by atoms with E-state index in [-0.39, 0.29) is 18.0 Å². The predicted molar refractivity (Wildman–Crippen MR) is 66.3 cm³/mol. The summed E-state index contributed by atoms with van der Waals surface area (Å²) in [7, 11) is -3.25. The van der Waals surface area contributed by atoms with E-state index in [1.807, 2.05) is 0 Å². The summed E-state index contributed by atoms with van der Waals surface area (Å²) in [6.07, 6.45) is -3.87. The molecule has 0 aliphatic carbocycles. The third-order valence-electron chi connectivity index (χ3n) is 2.30. The lowest BCUT2D eigenvalue weighted by atomic mass is 10.1. The van der Waals surface area contributed by atoms with Gasteiger partial charge in [0.2, 0.25) is 0 Å². The van der Waals surface area contributed by atoms with Gasteiger partial charge >= 0.3 is 6.18 Å². The van der Waals surface area contributed by atoms with Crippen LogP contribution in [0.2, 0.25) is 0 Å². The molecule has 0 fully saturated rings. The van der Waals surface area contributed by atoms with E-state index in [4.69, 9.17) is 0 Å². The molecule has 0 aromatic heterocycles. The molecule has 0 atom stereocenters. The van der Waals surface area contributed by atoms with Crippen molar-refractivity contribution in [3.05, 3.63) is 33.9 Å². The average Bonchev–Trinajstić information content (AvgIpc) is 2.25. The molecule has 1 N–H and O–H groups in total. The predicted octanol–water partition coefficient (Wildman–Crippen LogP) is 2.07. The van der Waals surface area contributed by atoms with Crippen LogP contribution < -0.4 is 5.32 Å². The number of benzene rings is 1. The Balaban J connectivity index is 2.99. The van der Waals surface area contributed by atoms with Crippen molar-refractivity contribution >= 4 is 21.2 Å². The van der Waals surface area contributed by atoms with Crippen LogP contribution in [0.1, 0.15) is 5.56 Å². The monoisotopic (exact) mass is 312 g/mol. The topological polar surface area (TPSA) is 89.3 Å². The molecule has 1 aromatic rings. The van der Waals surface area contributed by atoms with Crippen LogP contribution in [-0.2, 0) is 16.0 Å². The number of halogens is 3. The number of rotatable bonds is 5. The third kappa shape index (κ3) is 4.68. The molecule has 112 valence electrons. The van der Waals surface area contributed by atoms with Crippen molar-refractivity contribution in [1.29, 1.82) is 0 Å². The van der Waals surface area contributed by atoms with Crippen molar-refractivity contribution in [3.63, 3.8) is 0 Å². The first-order valence-corrected chi connectivity index (χ1v) is 7.34. The lowest BCUT2D eigenvalue weighted by Crippen LogP contribution is -2.15. The van der Waals surface area contributed by atoms with Crippen LogP contribution in [0.25, 0.3) is 0 Å². The smallest absolute Gasteiger partial charge is 0.384 e. The van der Waals surface area contributed by atoms with E-state index in [2.05, 4.69) is 5.32 Å².